The Labute approximate surface area is 81.3 Å². The molecule has 0 radical (unpaired) electrons. The molecule has 0 amide bonds. The van der Waals surface area contributed by atoms with Crippen LogP contribution in [0.3, 0.4) is 0 Å². The minimum atomic E-state index is 1.19. The Morgan fingerprint density at radius 3 is 1.85 bits per heavy atom. The van der Waals surface area contributed by atoms with Crippen molar-refractivity contribution in [1.82, 2.24) is 0 Å². The Kier molecular flexibility index (Phi) is 2.29. The van der Waals surface area contributed by atoms with Crippen LogP contribution in [0.5, 0.6) is 0 Å². The first-order valence-electron chi connectivity index (χ1n) is 5.38. The highest BCUT2D eigenvalue weighted by molar-refractivity contribution is 5.34. The number of allylic oxidation sites excluding steroid dienone is 2. The molecule has 13 heavy (non-hydrogen) atoms. The van der Waals surface area contributed by atoms with Crippen molar-refractivity contribution in [3.63, 3.8) is 0 Å². The zero-order valence-corrected chi connectivity index (χ0v) is 8.84. The van der Waals surface area contributed by atoms with Crippen LogP contribution in [0.4, 0.5) is 0 Å². The van der Waals surface area contributed by atoms with Gasteiger partial charge in [0, 0.05) is 12.8 Å². The molecule has 2 rings (SSSR count). The molecule has 0 N–H and O–H groups in total. The number of hydrogen-bond donors (Lipinski definition) is 0. The molecule has 0 aromatic heterocycles. The Hall–Kier alpha value is -0.560. The Morgan fingerprint density at radius 1 is 0.923 bits per heavy atom. The van der Waals surface area contributed by atoms with Crippen molar-refractivity contribution in [3.8, 4) is 0 Å². The van der Waals surface area contributed by atoms with Crippen molar-refractivity contribution >= 4 is 0 Å². The van der Waals surface area contributed by atoms with Crippen LogP contribution < -0.4 is 0 Å². The molecule has 0 atom stereocenters. The van der Waals surface area contributed by atoms with Gasteiger partial charge in [-0.05, 0) is 24.0 Å². The summed E-state index contributed by atoms with van der Waals surface area (Å²) in [6.45, 7) is 2.62. The summed E-state index contributed by atoms with van der Waals surface area (Å²) in [6.07, 6.45) is 10.0. The molecule has 1 heterocycles. The molecule has 1 fully saturated rings. The van der Waals surface area contributed by atoms with Crippen molar-refractivity contribution in [3.05, 3.63) is 23.3 Å². The van der Waals surface area contributed by atoms with Gasteiger partial charge in [0.1, 0.15) is 0 Å². The third kappa shape index (κ3) is 2.02. The van der Waals surface area contributed by atoms with Gasteiger partial charge >= 0.3 is 0 Å². The van der Waals surface area contributed by atoms with Crippen LogP contribution in [-0.4, -0.2) is 31.7 Å². The van der Waals surface area contributed by atoms with E-state index in [-0.39, 0.29) is 0 Å². The molecule has 2 aliphatic rings. The maximum atomic E-state index is 2.46. The van der Waals surface area contributed by atoms with Gasteiger partial charge < -0.3 is 4.48 Å². The molecular weight excluding hydrogens is 158 g/mol. The van der Waals surface area contributed by atoms with Crippen LogP contribution in [0.25, 0.3) is 0 Å². The van der Waals surface area contributed by atoms with Gasteiger partial charge in [-0.15, -0.1) is 0 Å². The van der Waals surface area contributed by atoms with Crippen LogP contribution in [0.15, 0.2) is 23.3 Å². The highest BCUT2D eigenvalue weighted by Crippen LogP contribution is 2.28. The summed E-state index contributed by atoms with van der Waals surface area (Å²) in [7, 11) is 4.69. The lowest BCUT2D eigenvalue weighted by Crippen LogP contribution is -2.40. The van der Waals surface area contributed by atoms with Crippen molar-refractivity contribution in [2.75, 3.05) is 27.2 Å². The molecule has 1 nitrogen and oxygen atoms in total. The van der Waals surface area contributed by atoms with Crippen LogP contribution in [0.1, 0.15) is 25.7 Å². The molecule has 1 aliphatic heterocycles. The summed E-state index contributed by atoms with van der Waals surface area (Å²) >= 11 is 0. The van der Waals surface area contributed by atoms with E-state index in [1.807, 2.05) is 0 Å². The molecule has 0 saturated carbocycles. The average Bonchev–Trinajstić information content (AvgIpc) is 2.27. The molecule has 1 saturated heterocycles. The quantitative estimate of drug-likeness (QED) is 0.500. The molecule has 0 aromatic carbocycles. The van der Waals surface area contributed by atoms with Gasteiger partial charge in [-0.25, -0.2) is 0 Å². The standard InChI is InChI=1S/C12H20N/c1-13(2)9-7-11-5-3-4-6-12(11)8-10-13/h5-6H,3-4,7-10H2,1-2H3/q+1. The van der Waals surface area contributed by atoms with E-state index in [1.54, 1.807) is 11.1 Å². The van der Waals surface area contributed by atoms with Crippen molar-refractivity contribution < 1.29 is 4.48 Å². The predicted molar refractivity (Wildman–Crippen MR) is 56.5 cm³/mol. The van der Waals surface area contributed by atoms with Crippen molar-refractivity contribution in [2.45, 2.75) is 25.7 Å². The lowest BCUT2D eigenvalue weighted by molar-refractivity contribution is -0.888. The van der Waals surface area contributed by atoms with Gasteiger partial charge in [0.15, 0.2) is 0 Å². The molecule has 0 aromatic rings. The lowest BCUT2D eigenvalue weighted by Gasteiger charge is -2.27. The topological polar surface area (TPSA) is 0 Å². The second-order valence-electron chi connectivity index (χ2n) is 4.92. The van der Waals surface area contributed by atoms with Crippen molar-refractivity contribution in [2.24, 2.45) is 0 Å². The number of fused-ring (bicyclic) bond motifs is 1. The Morgan fingerprint density at radius 2 is 1.38 bits per heavy atom. The van der Waals surface area contributed by atoms with E-state index in [1.165, 1.54) is 43.3 Å². The summed E-state index contributed by atoms with van der Waals surface area (Å²) in [5.41, 5.74) is 3.30. The second kappa shape index (κ2) is 3.30. The predicted octanol–water partition coefficient (Wildman–Crippen LogP) is 2.50. The molecule has 0 spiro atoms. The molecule has 0 unspecified atom stereocenters. The number of nitrogens with zero attached hydrogens (tertiary/aromatic N) is 1. The average molecular weight is 178 g/mol. The fourth-order valence-corrected chi connectivity index (χ4v) is 2.26. The smallest absolute Gasteiger partial charge is 0.0823 e. The normalized spacial score (nSPS) is 26.9. The van der Waals surface area contributed by atoms with E-state index in [2.05, 4.69) is 26.2 Å². The van der Waals surface area contributed by atoms with Crippen LogP contribution in [0, 0.1) is 0 Å². The molecule has 72 valence electrons. The molecular formula is C12H20N+. The zero-order valence-electron chi connectivity index (χ0n) is 8.84. The Bertz CT molecular complexity index is 232. The zero-order chi connectivity index (χ0) is 9.31. The first-order chi connectivity index (χ1) is 6.17. The minimum Gasteiger partial charge on any atom is -0.328 e. The molecule has 0 bridgehead atoms. The highest BCUT2D eigenvalue weighted by atomic mass is 15.3. The van der Waals surface area contributed by atoms with Crippen LogP contribution in [-0.2, 0) is 0 Å². The largest absolute Gasteiger partial charge is 0.328 e. The van der Waals surface area contributed by atoms with E-state index >= 15 is 0 Å². The van der Waals surface area contributed by atoms with Gasteiger partial charge in [0.2, 0.25) is 0 Å². The first-order valence-corrected chi connectivity index (χ1v) is 5.38. The van der Waals surface area contributed by atoms with Crippen LogP contribution >= 0.6 is 0 Å². The molecule has 1 heteroatoms. The van der Waals surface area contributed by atoms with E-state index < -0.39 is 0 Å². The first kappa shape index (κ1) is 9.01. The SMILES string of the molecule is C[N+]1(C)CCC2=CCCC=C2CC1. The summed E-state index contributed by atoms with van der Waals surface area (Å²) in [6, 6.07) is 0. The number of likely N-dealkylation sites (tertiary alicyclic amines) is 1. The fourth-order valence-electron chi connectivity index (χ4n) is 2.26. The van der Waals surface area contributed by atoms with E-state index in [0.717, 1.165) is 0 Å². The fraction of sp³-hybridized carbons (Fsp3) is 0.667. The number of rotatable bonds is 0. The lowest BCUT2D eigenvalue weighted by atomic mass is 9.94. The summed E-state index contributed by atoms with van der Waals surface area (Å²) in [5.74, 6) is 0. The van der Waals surface area contributed by atoms with E-state index in [0.29, 0.717) is 0 Å². The minimum absolute atomic E-state index is 1.19. The highest BCUT2D eigenvalue weighted by Gasteiger charge is 2.23. The summed E-state index contributed by atoms with van der Waals surface area (Å²) < 4.78 is 1.19. The summed E-state index contributed by atoms with van der Waals surface area (Å²) in [5, 5.41) is 0. The summed E-state index contributed by atoms with van der Waals surface area (Å²) in [4.78, 5) is 0. The molecule has 1 aliphatic carbocycles. The van der Waals surface area contributed by atoms with Gasteiger partial charge in [-0.1, -0.05) is 12.2 Å². The maximum Gasteiger partial charge on any atom is 0.0823 e. The van der Waals surface area contributed by atoms with Gasteiger partial charge in [-0.2, -0.15) is 0 Å². The van der Waals surface area contributed by atoms with Crippen molar-refractivity contribution in [1.29, 1.82) is 0 Å². The number of quaternary nitrogens is 1. The number of hydrogen-bond acceptors (Lipinski definition) is 0. The maximum absolute atomic E-state index is 2.46. The van der Waals surface area contributed by atoms with Gasteiger partial charge in [0.05, 0.1) is 27.2 Å². The van der Waals surface area contributed by atoms with Gasteiger partial charge in [-0.3, -0.25) is 0 Å². The second-order valence-corrected chi connectivity index (χ2v) is 4.92. The van der Waals surface area contributed by atoms with E-state index in [4.69, 9.17) is 0 Å². The van der Waals surface area contributed by atoms with Crippen LogP contribution in [0.2, 0.25) is 0 Å². The third-order valence-electron chi connectivity index (χ3n) is 3.33. The van der Waals surface area contributed by atoms with Gasteiger partial charge in [0.25, 0.3) is 0 Å². The monoisotopic (exact) mass is 178 g/mol. The van der Waals surface area contributed by atoms with E-state index in [9.17, 15) is 0 Å². The third-order valence-corrected chi connectivity index (χ3v) is 3.33. The Balaban J connectivity index is 2.17.